The van der Waals surface area contributed by atoms with Gasteiger partial charge >= 0.3 is 0 Å². The molecule has 0 bridgehead atoms. The molecule has 5 N–H and O–H groups in total. The van der Waals surface area contributed by atoms with E-state index in [0.29, 0.717) is 12.8 Å². The van der Waals surface area contributed by atoms with E-state index in [2.05, 4.69) is 37.9 Å². The number of hydrogen-bond acceptors (Lipinski definition) is 14. The van der Waals surface area contributed by atoms with E-state index in [1.54, 1.807) is 74.5 Å². The van der Waals surface area contributed by atoms with Gasteiger partial charge in [0, 0.05) is 72.8 Å². The maximum Gasteiger partial charge on any atom is 0.246 e. The normalized spacial score (nSPS) is 26.4. The highest BCUT2D eigenvalue weighted by Crippen LogP contribution is 2.26. The molecule has 534 valence electrons. The SMILES string of the molecule is C=CCN1C(=O)[C@H](CC)NC(=O)[C@H]([C@H](O)[C@H](C)/C=C/C)N(C)C(=O)[C@H](C(C)C)N(C)C(=O)[C@H](CC(C)C)N(C)C(=O)[C@H](CC(C)C)N(C)C(=O)[C@@H](C)NC(=O)[C@H](C)NC(=O)[C@H](CC(C)C)N(C)C(=O)[C@H](C(C)C)NC(=O)C([C@@H](C)OCCCCN=[N+]=[N-])N(C)C(=O)[C@H]1CC. The van der Waals surface area contributed by atoms with Gasteiger partial charge in [0.1, 0.15) is 66.5 Å². The number of aliphatic hydroxyl groups is 1. The summed E-state index contributed by atoms with van der Waals surface area (Å²) in [5, 5.41) is 26.8. The van der Waals surface area contributed by atoms with Crippen molar-refractivity contribution in [2.45, 2.75) is 241 Å². The first kappa shape index (κ1) is 84.9. The minimum absolute atomic E-state index is 0.0232. The average molecular weight is 1330 g/mol. The number of azide groups is 1. The number of ether oxygens (including phenoxy) is 1. The lowest BCUT2D eigenvalue weighted by atomic mass is 9.93. The molecule has 27 heteroatoms. The lowest BCUT2D eigenvalue weighted by Gasteiger charge is -2.41. The highest BCUT2D eigenvalue weighted by Gasteiger charge is 2.47. The van der Waals surface area contributed by atoms with E-state index >= 15 is 33.6 Å². The zero-order chi connectivity index (χ0) is 72.5. The van der Waals surface area contributed by atoms with Crippen LogP contribution in [-0.2, 0) is 57.5 Å². The summed E-state index contributed by atoms with van der Waals surface area (Å²) in [5.41, 5.74) is 8.83. The minimum Gasteiger partial charge on any atom is -0.390 e. The molecule has 11 amide bonds. The van der Waals surface area contributed by atoms with Gasteiger partial charge in [-0.1, -0.05) is 113 Å². The van der Waals surface area contributed by atoms with Crippen LogP contribution in [0, 0.1) is 35.5 Å². The zero-order valence-electron chi connectivity index (χ0n) is 60.8. The summed E-state index contributed by atoms with van der Waals surface area (Å²) < 4.78 is 6.21. The second kappa shape index (κ2) is 40.3. The fourth-order valence-corrected chi connectivity index (χ4v) is 11.9. The highest BCUT2D eigenvalue weighted by molar-refractivity contribution is 6.00. The third-order valence-corrected chi connectivity index (χ3v) is 17.4. The Labute approximate surface area is 560 Å². The lowest BCUT2D eigenvalue weighted by Crippen LogP contribution is -2.64. The van der Waals surface area contributed by atoms with Crippen LogP contribution in [0.2, 0.25) is 0 Å². The molecule has 0 radical (unpaired) electrons. The second-order valence-electron chi connectivity index (χ2n) is 27.2. The van der Waals surface area contributed by atoms with Gasteiger partial charge in [-0.25, -0.2) is 0 Å². The van der Waals surface area contributed by atoms with Crippen molar-refractivity contribution in [3.8, 4) is 0 Å². The van der Waals surface area contributed by atoms with E-state index in [1.807, 2.05) is 41.5 Å². The number of unbranched alkanes of at least 4 members (excludes halogenated alkanes) is 1. The summed E-state index contributed by atoms with van der Waals surface area (Å²) in [6.45, 7) is 32.9. The molecule has 0 aliphatic carbocycles. The van der Waals surface area contributed by atoms with Gasteiger partial charge in [0.2, 0.25) is 65.0 Å². The molecular formula is C67H118N14O13. The van der Waals surface area contributed by atoms with Gasteiger partial charge in [0.25, 0.3) is 0 Å². The van der Waals surface area contributed by atoms with Crippen LogP contribution in [0.25, 0.3) is 10.4 Å². The molecule has 0 aromatic rings. The predicted octanol–water partition coefficient (Wildman–Crippen LogP) is 4.66. The number of nitrogens with one attached hydrogen (secondary N) is 4. The van der Waals surface area contributed by atoms with Crippen LogP contribution in [0.3, 0.4) is 0 Å². The number of carbonyl (C=O) groups is 11. The van der Waals surface area contributed by atoms with E-state index in [1.165, 1.54) is 86.7 Å². The quantitative estimate of drug-likeness (QED) is 0.0324. The summed E-state index contributed by atoms with van der Waals surface area (Å²) in [6.07, 6.45) is 3.16. The van der Waals surface area contributed by atoms with Crippen molar-refractivity contribution in [2.75, 3.05) is 62.0 Å². The number of amides is 11. The van der Waals surface area contributed by atoms with Gasteiger partial charge in [0.15, 0.2) is 0 Å². The van der Waals surface area contributed by atoms with Crippen LogP contribution in [0.1, 0.15) is 163 Å². The summed E-state index contributed by atoms with van der Waals surface area (Å²) >= 11 is 0. The standard InChI is InChI=1S/C67H118N14O13/c1-25-31-43(15)56(82)55-60(86)72-47(27-3)62(88)81(33-26-2)48(28-4)63(89)79(23)54(46(18)94-34-30-29-32-69-74-68)59(85)73-52(41(11)12)66(92)75(19)49(35-38(5)6)58(84)70-44(16)57(83)71-45(17)61(87)76(20)50(36-39(7)8)64(90)77(21)51(37-40(9)10)65(91)78(22)53(42(13)14)67(93)80(55)24/h25-26,31,38-56,82H,2,27-30,32-37H2,1,3-24H3,(H,70,84)(H,71,83)(H,72,86)(H,73,85)/b31-25+/t43-,44+,45-,46-,47+,48-,49+,50+,51+,52+,53+,54?,55+,56-/m1/s1. The Bertz CT molecular complexity index is 2650. The molecule has 27 nitrogen and oxygen atoms in total. The highest BCUT2D eigenvalue weighted by atomic mass is 16.5. The van der Waals surface area contributed by atoms with E-state index in [4.69, 9.17) is 10.3 Å². The van der Waals surface area contributed by atoms with Gasteiger partial charge in [-0.3, -0.25) is 52.7 Å². The Morgan fingerprint density at radius 1 is 0.543 bits per heavy atom. The molecule has 0 spiro atoms. The number of allylic oxidation sites excluding steroid dienone is 1. The van der Waals surface area contributed by atoms with E-state index in [9.17, 15) is 24.3 Å². The molecule has 1 aliphatic heterocycles. The monoisotopic (exact) mass is 1330 g/mol. The number of carbonyl (C=O) groups excluding carboxylic acids is 11. The molecule has 14 atom stereocenters. The van der Waals surface area contributed by atoms with Gasteiger partial charge in [-0.2, -0.15) is 0 Å². The Morgan fingerprint density at radius 2 is 1.01 bits per heavy atom. The number of hydrogen-bond donors (Lipinski definition) is 5. The van der Waals surface area contributed by atoms with Crippen LogP contribution >= 0.6 is 0 Å². The van der Waals surface area contributed by atoms with Crippen molar-refractivity contribution in [3.05, 3.63) is 35.2 Å². The first-order valence-electron chi connectivity index (χ1n) is 33.4. The summed E-state index contributed by atoms with van der Waals surface area (Å²) in [5.74, 6) is -10.6. The zero-order valence-corrected chi connectivity index (χ0v) is 60.8. The molecule has 1 fully saturated rings. The fourth-order valence-electron chi connectivity index (χ4n) is 11.9. The number of nitrogens with zero attached hydrogens (tertiary/aromatic N) is 10. The number of rotatable bonds is 22. The molecular weight excluding hydrogens is 1210 g/mol. The van der Waals surface area contributed by atoms with Gasteiger partial charge in [-0.15, -0.1) is 6.58 Å². The Balaban J connectivity index is 4.56. The molecule has 0 aromatic carbocycles. The van der Waals surface area contributed by atoms with Crippen molar-refractivity contribution in [3.63, 3.8) is 0 Å². The van der Waals surface area contributed by atoms with Crippen LogP contribution in [0.4, 0.5) is 0 Å². The number of aliphatic hydroxyl groups excluding tert-OH is 1. The van der Waals surface area contributed by atoms with E-state index in [0.717, 1.165) is 9.80 Å². The van der Waals surface area contributed by atoms with Crippen LogP contribution in [-0.4, -0.2) is 245 Å². The van der Waals surface area contributed by atoms with Crippen molar-refractivity contribution < 1.29 is 62.6 Å². The van der Waals surface area contributed by atoms with Crippen molar-refractivity contribution in [2.24, 2.45) is 40.6 Å². The molecule has 0 saturated carbocycles. The van der Waals surface area contributed by atoms with Gasteiger partial charge in [-0.05, 0) is 108 Å². The first-order valence-corrected chi connectivity index (χ1v) is 33.4. The molecule has 1 heterocycles. The molecule has 1 saturated heterocycles. The van der Waals surface area contributed by atoms with Crippen molar-refractivity contribution >= 4 is 65.0 Å². The summed E-state index contributed by atoms with van der Waals surface area (Å²) in [4.78, 5) is 175. The van der Waals surface area contributed by atoms with Crippen LogP contribution in [0.15, 0.2) is 29.9 Å². The fraction of sp³-hybridized carbons (Fsp3) is 0.776. The molecule has 1 rings (SSSR count). The largest absolute Gasteiger partial charge is 0.390 e. The van der Waals surface area contributed by atoms with Crippen LogP contribution in [0.5, 0.6) is 0 Å². The Hall–Kier alpha value is -7.12. The maximum atomic E-state index is 15.3. The predicted molar refractivity (Wildman–Crippen MR) is 361 cm³/mol. The third kappa shape index (κ3) is 23.7. The second-order valence-corrected chi connectivity index (χ2v) is 27.2. The van der Waals surface area contributed by atoms with E-state index < -0.39 is 161 Å². The smallest absolute Gasteiger partial charge is 0.246 e. The van der Waals surface area contributed by atoms with E-state index in [-0.39, 0.29) is 69.6 Å². The summed E-state index contributed by atoms with van der Waals surface area (Å²) in [6, 6.07) is -14.6. The van der Waals surface area contributed by atoms with Crippen molar-refractivity contribution in [1.82, 2.24) is 55.6 Å². The topological polar surface area (TPSA) is 337 Å². The molecule has 0 aromatic heterocycles. The average Bonchev–Trinajstić information content (AvgIpc) is 0.814. The molecule has 1 aliphatic rings. The van der Waals surface area contributed by atoms with Gasteiger partial charge < -0.3 is 65.4 Å². The number of likely N-dealkylation sites (N-methyl/N-ethyl adjacent to an activating group) is 6. The lowest BCUT2D eigenvalue weighted by molar-refractivity contribution is -0.157. The first-order chi connectivity index (χ1) is 43.8. The Kier molecular flexibility index (Phi) is 36.4. The molecule has 94 heavy (non-hydrogen) atoms. The maximum absolute atomic E-state index is 15.3. The minimum atomic E-state index is -1.69. The molecule has 1 unspecified atom stereocenters. The Morgan fingerprint density at radius 3 is 1.49 bits per heavy atom. The summed E-state index contributed by atoms with van der Waals surface area (Å²) in [7, 11) is 8.39. The van der Waals surface area contributed by atoms with Crippen LogP contribution < -0.4 is 21.3 Å². The van der Waals surface area contributed by atoms with Gasteiger partial charge in [0.05, 0.1) is 12.2 Å². The van der Waals surface area contributed by atoms with Crippen molar-refractivity contribution in [1.29, 1.82) is 0 Å². The third-order valence-electron chi connectivity index (χ3n) is 17.4.